The Bertz CT molecular complexity index is 638. The Labute approximate surface area is 116 Å². The quantitative estimate of drug-likeness (QED) is 0.574. The average Bonchev–Trinajstić information content (AvgIpc) is 2.99. The molecule has 1 aliphatic rings. The normalized spacial score (nSPS) is 18.1. The molecule has 0 aliphatic carbocycles. The smallest absolute Gasteiger partial charge is 0.270 e. The van der Waals surface area contributed by atoms with E-state index in [2.05, 4.69) is 15.7 Å². The zero-order valence-corrected chi connectivity index (χ0v) is 10.9. The highest BCUT2D eigenvalue weighted by Crippen LogP contribution is 2.21. The molecule has 104 valence electrons. The lowest BCUT2D eigenvalue weighted by molar-refractivity contribution is 0.0925. The number of carbonyl (C=O) groups is 1. The maximum atomic E-state index is 12.2. The van der Waals surface area contributed by atoms with Crippen molar-refractivity contribution in [2.45, 2.75) is 12.5 Å². The topological polar surface area (TPSA) is 89.3 Å². The molecule has 0 saturated carbocycles. The Kier molecular flexibility index (Phi) is 3.49. The van der Waals surface area contributed by atoms with E-state index in [0.717, 1.165) is 17.2 Å². The minimum Gasteiger partial charge on any atom is -0.379 e. The molecule has 1 fully saturated rings. The fourth-order valence-electron chi connectivity index (χ4n) is 2.33. The molecule has 20 heavy (non-hydrogen) atoms. The predicted octanol–water partition coefficient (Wildman–Crippen LogP) is 1.04. The van der Waals surface area contributed by atoms with Crippen molar-refractivity contribution in [1.82, 2.24) is 10.3 Å². The second kappa shape index (κ2) is 5.44. The molecule has 1 atom stereocenters. The van der Waals surface area contributed by atoms with Crippen LogP contribution in [0.25, 0.3) is 10.8 Å². The van der Waals surface area contributed by atoms with Gasteiger partial charge in [0.25, 0.3) is 5.91 Å². The van der Waals surface area contributed by atoms with Gasteiger partial charge in [0, 0.05) is 12.0 Å². The number of nitrogens with zero attached hydrogens (tertiary/aromatic N) is 1. The summed E-state index contributed by atoms with van der Waals surface area (Å²) >= 11 is 0. The van der Waals surface area contributed by atoms with Crippen LogP contribution in [-0.4, -0.2) is 30.1 Å². The number of ether oxygens (including phenoxy) is 1. The van der Waals surface area contributed by atoms with E-state index in [9.17, 15) is 4.79 Å². The summed E-state index contributed by atoms with van der Waals surface area (Å²) < 4.78 is 5.24. The fourth-order valence-corrected chi connectivity index (χ4v) is 2.33. The molecule has 4 N–H and O–H groups in total. The Balaban J connectivity index is 1.92. The van der Waals surface area contributed by atoms with Crippen LogP contribution in [0, 0.1) is 0 Å². The highest BCUT2D eigenvalue weighted by atomic mass is 16.5. The Morgan fingerprint density at radius 3 is 3.00 bits per heavy atom. The molecule has 3 rings (SSSR count). The number of aromatic nitrogens is 1. The maximum Gasteiger partial charge on any atom is 0.270 e. The number of nitrogen functional groups attached to an aromatic ring is 1. The molecular formula is C14H16N4O2. The van der Waals surface area contributed by atoms with E-state index < -0.39 is 0 Å². The summed E-state index contributed by atoms with van der Waals surface area (Å²) in [7, 11) is 0. The van der Waals surface area contributed by atoms with Gasteiger partial charge in [0.15, 0.2) is 0 Å². The van der Waals surface area contributed by atoms with Crippen molar-refractivity contribution in [2.75, 3.05) is 18.6 Å². The van der Waals surface area contributed by atoms with Crippen LogP contribution < -0.4 is 16.6 Å². The predicted molar refractivity (Wildman–Crippen MR) is 76.2 cm³/mol. The first kappa shape index (κ1) is 12.8. The van der Waals surface area contributed by atoms with Crippen LogP contribution in [0.5, 0.6) is 0 Å². The molecule has 0 bridgehead atoms. The second-order valence-electron chi connectivity index (χ2n) is 4.76. The number of pyridine rings is 1. The maximum absolute atomic E-state index is 12.2. The van der Waals surface area contributed by atoms with Crippen LogP contribution in [0.2, 0.25) is 0 Å². The van der Waals surface area contributed by atoms with Crippen LogP contribution in [0.15, 0.2) is 30.3 Å². The third-order valence-electron chi connectivity index (χ3n) is 3.37. The number of hydrogen-bond donors (Lipinski definition) is 3. The van der Waals surface area contributed by atoms with Gasteiger partial charge in [-0.15, -0.1) is 0 Å². The average molecular weight is 272 g/mol. The van der Waals surface area contributed by atoms with Gasteiger partial charge < -0.3 is 15.5 Å². The molecule has 1 aromatic carbocycles. The number of hydrogen-bond acceptors (Lipinski definition) is 5. The number of anilines is 1. The van der Waals surface area contributed by atoms with Crippen molar-refractivity contribution in [3.8, 4) is 0 Å². The van der Waals surface area contributed by atoms with Crippen molar-refractivity contribution in [2.24, 2.45) is 5.84 Å². The molecule has 0 radical (unpaired) electrons. The zero-order chi connectivity index (χ0) is 13.9. The van der Waals surface area contributed by atoms with Gasteiger partial charge in [0.2, 0.25) is 0 Å². The monoisotopic (exact) mass is 272 g/mol. The first-order valence-corrected chi connectivity index (χ1v) is 6.53. The van der Waals surface area contributed by atoms with E-state index in [1.165, 1.54) is 0 Å². The van der Waals surface area contributed by atoms with Gasteiger partial charge >= 0.3 is 0 Å². The largest absolute Gasteiger partial charge is 0.379 e. The third kappa shape index (κ3) is 2.43. The van der Waals surface area contributed by atoms with Gasteiger partial charge in [-0.05, 0) is 17.9 Å². The van der Waals surface area contributed by atoms with E-state index in [0.29, 0.717) is 24.7 Å². The molecule has 0 spiro atoms. The summed E-state index contributed by atoms with van der Waals surface area (Å²) in [6, 6.07) is 9.47. The van der Waals surface area contributed by atoms with Gasteiger partial charge in [-0.3, -0.25) is 4.79 Å². The summed E-state index contributed by atoms with van der Waals surface area (Å²) in [5.41, 5.74) is 2.89. The number of hydrazine groups is 1. The molecule has 1 unspecified atom stereocenters. The van der Waals surface area contributed by atoms with Gasteiger partial charge in [0.05, 0.1) is 12.6 Å². The molecule has 1 aromatic heterocycles. The molecule has 1 saturated heterocycles. The molecule has 1 amide bonds. The van der Waals surface area contributed by atoms with Crippen LogP contribution >= 0.6 is 0 Å². The lowest BCUT2D eigenvalue weighted by Gasteiger charge is -2.12. The highest BCUT2D eigenvalue weighted by molar-refractivity contribution is 6.00. The molecule has 1 aliphatic heterocycles. The number of fused-ring (bicyclic) bond motifs is 1. The SMILES string of the molecule is NNc1nc(C(=O)NC2CCOC2)cc2ccccc12. The van der Waals surface area contributed by atoms with Gasteiger partial charge in [-0.25, -0.2) is 10.8 Å². The van der Waals surface area contributed by atoms with E-state index in [4.69, 9.17) is 10.6 Å². The molecule has 6 heteroatoms. The van der Waals surface area contributed by atoms with Crippen LogP contribution in [-0.2, 0) is 4.74 Å². The van der Waals surface area contributed by atoms with Crippen molar-refractivity contribution in [3.05, 3.63) is 36.0 Å². The number of amides is 1. The molecule has 2 heterocycles. The Morgan fingerprint density at radius 1 is 1.40 bits per heavy atom. The summed E-state index contributed by atoms with van der Waals surface area (Å²) in [6.45, 7) is 1.24. The van der Waals surface area contributed by atoms with E-state index in [-0.39, 0.29) is 11.9 Å². The minimum atomic E-state index is -0.206. The number of benzene rings is 1. The Hall–Kier alpha value is -2.18. The second-order valence-corrected chi connectivity index (χ2v) is 4.76. The van der Waals surface area contributed by atoms with Crippen LogP contribution in [0.1, 0.15) is 16.9 Å². The van der Waals surface area contributed by atoms with Gasteiger partial charge in [-0.2, -0.15) is 0 Å². The molecule has 6 nitrogen and oxygen atoms in total. The minimum absolute atomic E-state index is 0.0602. The number of nitrogens with two attached hydrogens (primary N) is 1. The summed E-state index contributed by atoms with van der Waals surface area (Å²) in [4.78, 5) is 16.5. The summed E-state index contributed by atoms with van der Waals surface area (Å²) in [5, 5.41) is 4.72. The standard InChI is InChI=1S/C14H16N4O2/c15-18-13-11-4-2-1-3-9(11)7-12(17-13)14(19)16-10-5-6-20-8-10/h1-4,7,10H,5-6,8,15H2,(H,16,19)(H,17,18). The lowest BCUT2D eigenvalue weighted by atomic mass is 10.1. The summed E-state index contributed by atoms with van der Waals surface area (Å²) in [6.07, 6.45) is 0.835. The number of rotatable bonds is 3. The van der Waals surface area contributed by atoms with Gasteiger partial charge in [-0.1, -0.05) is 24.3 Å². The van der Waals surface area contributed by atoms with Crippen molar-refractivity contribution >= 4 is 22.5 Å². The highest BCUT2D eigenvalue weighted by Gasteiger charge is 2.20. The zero-order valence-electron chi connectivity index (χ0n) is 10.9. The number of nitrogens with one attached hydrogen (secondary N) is 2. The first-order valence-electron chi connectivity index (χ1n) is 6.53. The third-order valence-corrected chi connectivity index (χ3v) is 3.37. The molecular weight excluding hydrogens is 256 g/mol. The van der Waals surface area contributed by atoms with Crippen molar-refractivity contribution < 1.29 is 9.53 Å². The van der Waals surface area contributed by atoms with E-state index in [1.54, 1.807) is 6.07 Å². The van der Waals surface area contributed by atoms with Crippen molar-refractivity contribution in [1.29, 1.82) is 0 Å². The van der Waals surface area contributed by atoms with E-state index in [1.807, 2.05) is 24.3 Å². The van der Waals surface area contributed by atoms with Crippen LogP contribution in [0.4, 0.5) is 5.82 Å². The Morgan fingerprint density at radius 2 is 2.25 bits per heavy atom. The first-order chi connectivity index (χ1) is 9.78. The van der Waals surface area contributed by atoms with Crippen LogP contribution in [0.3, 0.4) is 0 Å². The number of carbonyl (C=O) groups excluding carboxylic acids is 1. The molecule has 2 aromatic rings. The van der Waals surface area contributed by atoms with E-state index >= 15 is 0 Å². The van der Waals surface area contributed by atoms with Gasteiger partial charge in [0.1, 0.15) is 11.5 Å². The fraction of sp³-hybridized carbons (Fsp3) is 0.286. The summed E-state index contributed by atoms with van der Waals surface area (Å²) in [5.74, 6) is 5.77. The van der Waals surface area contributed by atoms with Crippen molar-refractivity contribution in [3.63, 3.8) is 0 Å². The lowest BCUT2D eigenvalue weighted by Crippen LogP contribution is -2.35.